The van der Waals surface area contributed by atoms with Crippen molar-refractivity contribution < 1.29 is 0 Å². The number of aromatic nitrogens is 8. The second-order valence-corrected chi connectivity index (χ2v) is 15.6. The van der Waals surface area contributed by atoms with Crippen LogP contribution in [0.25, 0.3) is 112 Å². The summed E-state index contributed by atoms with van der Waals surface area (Å²) in [4.78, 5) is 21.0. The van der Waals surface area contributed by atoms with Gasteiger partial charge in [0.05, 0.1) is 27.6 Å². The third kappa shape index (κ3) is 5.69. The number of nitrogens with zero attached hydrogens (tertiary/aromatic N) is 8. The highest BCUT2D eigenvalue weighted by Crippen LogP contribution is 2.40. The number of allylic oxidation sites excluding steroid dienone is 5. The lowest BCUT2D eigenvalue weighted by Gasteiger charge is -2.10. The van der Waals surface area contributed by atoms with Gasteiger partial charge in [0, 0.05) is 38.7 Å². The molecule has 0 saturated heterocycles. The van der Waals surface area contributed by atoms with Crippen molar-refractivity contribution in [1.29, 1.82) is 0 Å². The van der Waals surface area contributed by atoms with Gasteiger partial charge in [-0.25, -0.2) is 9.55 Å². The summed E-state index contributed by atoms with van der Waals surface area (Å²) in [5, 5.41) is 3.44. The lowest BCUT2D eigenvalue weighted by molar-refractivity contribution is 0.936. The summed E-state index contributed by atoms with van der Waals surface area (Å²) in [6.07, 6.45) is 8.12. The second-order valence-electron chi connectivity index (χ2n) is 15.6. The molecule has 5 aromatic heterocycles. The van der Waals surface area contributed by atoms with Crippen LogP contribution in [0.15, 0.2) is 207 Å². The number of para-hydroxylation sites is 3. The van der Waals surface area contributed by atoms with Crippen molar-refractivity contribution in [2.75, 3.05) is 0 Å². The fourth-order valence-corrected chi connectivity index (χ4v) is 9.13. The minimum atomic E-state index is 0.483. The Morgan fingerprint density at radius 3 is 1.76 bits per heavy atom. The molecule has 0 aliphatic carbocycles. The largest absolute Gasteiger partial charge is 0.309 e. The fourth-order valence-electron chi connectivity index (χ4n) is 9.13. The van der Waals surface area contributed by atoms with Gasteiger partial charge in [-0.3, -0.25) is 8.97 Å². The quantitative estimate of drug-likeness (QED) is 0.143. The third-order valence-electron chi connectivity index (χ3n) is 11.9. The van der Waals surface area contributed by atoms with Crippen molar-refractivity contribution in [2.24, 2.45) is 0 Å². The van der Waals surface area contributed by atoms with Gasteiger partial charge in [0.25, 0.3) is 0 Å². The number of imidazole rings is 2. The third-order valence-corrected chi connectivity index (χ3v) is 11.9. The van der Waals surface area contributed by atoms with E-state index in [1.165, 1.54) is 10.8 Å². The van der Waals surface area contributed by atoms with Crippen molar-refractivity contribution in [2.45, 2.75) is 6.92 Å². The van der Waals surface area contributed by atoms with Gasteiger partial charge in [-0.2, -0.15) is 15.0 Å². The van der Waals surface area contributed by atoms with Crippen LogP contribution in [0.2, 0.25) is 0 Å². The van der Waals surface area contributed by atoms with Crippen LogP contribution in [0, 0.1) is 0 Å². The van der Waals surface area contributed by atoms with Crippen LogP contribution in [0.1, 0.15) is 6.92 Å². The Labute approximate surface area is 362 Å². The van der Waals surface area contributed by atoms with E-state index in [-0.39, 0.29) is 0 Å². The van der Waals surface area contributed by atoms with Crippen LogP contribution < -0.4 is 0 Å². The van der Waals surface area contributed by atoms with Crippen molar-refractivity contribution in [3.05, 3.63) is 207 Å². The maximum Gasteiger partial charge on any atom is 0.241 e. The average molecular weight is 811 g/mol. The van der Waals surface area contributed by atoms with Gasteiger partial charge in [-0.05, 0) is 78.7 Å². The number of rotatable bonds is 8. The van der Waals surface area contributed by atoms with E-state index in [0.29, 0.717) is 23.4 Å². The number of fused-ring (bicyclic) bond motifs is 10. The molecule has 8 heteroatoms. The molecule has 12 aromatic rings. The number of hydrogen-bond acceptors (Lipinski definition) is 4. The topological polar surface area (TPSA) is 70.8 Å². The molecule has 0 N–H and O–H groups in total. The average Bonchev–Trinajstić information content (AvgIpc) is 4.07. The molecule has 8 nitrogen and oxygen atoms in total. The summed E-state index contributed by atoms with van der Waals surface area (Å²) >= 11 is 0. The Hall–Kier alpha value is -8.62. The molecule has 298 valence electrons. The summed E-state index contributed by atoms with van der Waals surface area (Å²) in [5.74, 6) is 2.35. The van der Waals surface area contributed by atoms with Gasteiger partial charge in [0.1, 0.15) is 5.52 Å². The fraction of sp³-hybridized carbons (Fsp3) is 0.0182. The minimum Gasteiger partial charge on any atom is -0.309 e. The first-order chi connectivity index (χ1) is 31.2. The Balaban J connectivity index is 1.16. The molecule has 63 heavy (non-hydrogen) atoms. The first kappa shape index (κ1) is 36.2. The van der Waals surface area contributed by atoms with Gasteiger partial charge in [0.15, 0.2) is 17.3 Å². The summed E-state index contributed by atoms with van der Waals surface area (Å²) in [5.41, 5.74) is 13.1. The van der Waals surface area contributed by atoms with E-state index < -0.39 is 0 Å². The zero-order valence-electron chi connectivity index (χ0n) is 34.3. The molecule has 0 unspecified atom stereocenters. The Bertz CT molecular complexity index is 3750. The van der Waals surface area contributed by atoms with Gasteiger partial charge in [0.2, 0.25) is 11.7 Å². The van der Waals surface area contributed by atoms with Crippen molar-refractivity contribution >= 4 is 66.4 Å². The first-order valence-electron chi connectivity index (χ1n) is 21.1. The Kier molecular flexibility index (Phi) is 8.36. The molecule has 7 aromatic carbocycles. The van der Waals surface area contributed by atoms with Crippen LogP contribution in [0.3, 0.4) is 0 Å². The number of hydrogen-bond donors (Lipinski definition) is 0. The molecule has 0 atom stereocenters. The molecule has 0 amide bonds. The van der Waals surface area contributed by atoms with Gasteiger partial charge < -0.3 is 4.57 Å². The molecule has 0 saturated carbocycles. The molecule has 0 radical (unpaired) electrons. The van der Waals surface area contributed by atoms with E-state index in [4.69, 9.17) is 19.9 Å². The van der Waals surface area contributed by atoms with Crippen LogP contribution >= 0.6 is 0 Å². The number of benzene rings is 7. The molecular weight excluding hydrogens is 773 g/mol. The van der Waals surface area contributed by atoms with Crippen molar-refractivity contribution in [1.82, 2.24) is 38.0 Å². The zero-order valence-corrected chi connectivity index (χ0v) is 34.3. The smallest absolute Gasteiger partial charge is 0.241 e. The molecule has 5 heterocycles. The molecular formula is C55H38N8. The molecule has 0 aliphatic rings. The summed E-state index contributed by atoms with van der Waals surface area (Å²) < 4.78 is 8.92. The molecule has 0 aliphatic heterocycles. The van der Waals surface area contributed by atoms with E-state index in [1.807, 2.05) is 85.8 Å². The van der Waals surface area contributed by atoms with Crippen LogP contribution in [0.5, 0.6) is 0 Å². The predicted molar refractivity (Wildman–Crippen MR) is 258 cm³/mol. The summed E-state index contributed by atoms with van der Waals surface area (Å²) in [7, 11) is 0. The van der Waals surface area contributed by atoms with Gasteiger partial charge in [-0.1, -0.05) is 146 Å². The summed E-state index contributed by atoms with van der Waals surface area (Å²) in [6, 6.07) is 61.2. The Morgan fingerprint density at radius 1 is 0.492 bits per heavy atom. The second kappa shape index (κ2) is 14.5. The van der Waals surface area contributed by atoms with E-state index in [9.17, 15) is 0 Å². The van der Waals surface area contributed by atoms with Crippen LogP contribution in [0.4, 0.5) is 0 Å². The maximum atomic E-state index is 5.54. The minimum absolute atomic E-state index is 0.483. The highest BCUT2D eigenvalue weighted by molar-refractivity contribution is 6.12. The van der Waals surface area contributed by atoms with E-state index in [2.05, 4.69) is 146 Å². The maximum absolute atomic E-state index is 5.54. The molecule has 0 bridgehead atoms. The monoisotopic (exact) mass is 810 g/mol. The molecule has 12 rings (SSSR count). The molecule has 0 fully saturated rings. The lowest BCUT2D eigenvalue weighted by Crippen LogP contribution is -2.07. The van der Waals surface area contributed by atoms with Gasteiger partial charge in [-0.15, -0.1) is 0 Å². The highest BCUT2D eigenvalue weighted by Gasteiger charge is 2.26. The zero-order chi connectivity index (χ0) is 42.0. The normalized spacial score (nSPS) is 12.3. The van der Waals surface area contributed by atoms with Crippen molar-refractivity contribution in [3.8, 4) is 45.5 Å². The Morgan fingerprint density at radius 2 is 1.08 bits per heavy atom. The van der Waals surface area contributed by atoms with Crippen molar-refractivity contribution in [3.63, 3.8) is 0 Å². The van der Waals surface area contributed by atoms with E-state index >= 15 is 0 Å². The first-order valence-corrected chi connectivity index (χ1v) is 21.1. The van der Waals surface area contributed by atoms with E-state index in [0.717, 1.165) is 77.8 Å². The lowest BCUT2D eigenvalue weighted by atomic mass is 10.0. The highest BCUT2D eigenvalue weighted by atomic mass is 15.3. The predicted octanol–water partition coefficient (Wildman–Crippen LogP) is 13.3. The SMILES string of the molecule is C=C/C(=C\C=C/C)n1c2ccccc2c2cc(-c3ccc4c(c3)n3c5c6ccccc6n(-c6ccccc6)c5nc3n4-c3nc(-c4ccccc4)nc(-c4ccccc4)n3)ccc21. The van der Waals surface area contributed by atoms with Crippen LogP contribution in [-0.2, 0) is 0 Å². The van der Waals surface area contributed by atoms with Crippen LogP contribution in [-0.4, -0.2) is 38.0 Å². The standard InChI is InChI=1S/C55H38N8/c1-3-5-23-40(4-2)60-45-28-17-15-26-42(45)44-34-38(30-32-47(44)60)39-31-33-48-49(35-39)62-50-43-27-16-18-29-46(43)61(41-24-13-8-14-25-41)53(50)59-55(62)63(48)54-57-51(36-19-9-6-10-20-36)56-52(58-54)37-21-11-7-12-22-37/h3-35H,2H2,1H3/b5-3-,40-23+. The summed E-state index contributed by atoms with van der Waals surface area (Å²) in [6.45, 7) is 6.20. The van der Waals surface area contributed by atoms with Gasteiger partial charge >= 0.3 is 0 Å². The van der Waals surface area contributed by atoms with E-state index in [1.54, 1.807) is 0 Å². The molecule has 0 spiro atoms.